The minimum Gasteiger partial charge on any atom is -0.493 e. The van der Waals surface area contributed by atoms with Crippen molar-refractivity contribution in [1.82, 2.24) is 5.32 Å². The van der Waals surface area contributed by atoms with Gasteiger partial charge in [-0.05, 0) is 53.8 Å². The molecular weight excluding hydrogens is 306 g/mol. The van der Waals surface area contributed by atoms with Gasteiger partial charge in [-0.1, -0.05) is 6.07 Å². The number of hydrogen-bond donors (Lipinski definition) is 1. The molecule has 24 heavy (non-hydrogen) atoms. The van der Waals surface area contributed by atoms with E-state index in [1.54, 1.807) is 14.2 Å². The van der Waals surface area contributed by atoms with Gasteiger partial charge in [0, 0.05) is 12.6 Å². The van der Waals surface area contributed by atoms with Crippen LogP contribution in [0, 0.1) is 0 Å². The number of rotatable bonds is 4. The summed E-state index contributed by atoms with van der Waals surface area (Å²) in [7, 11) is 3.35. The molecule has 0 radical (unpaired) electrons. The van der Waals surface area contributed by atoms with E-state index in [1.165, 1.54) is 16.7 Å². The normalized spacial score (nSPS) is 18.2. The summed E-state index contributed by atoms with van der Waals surface area (Å²) in [5.74, 6) is 3.25. The number of fused-ring (bicyclic) bond motifs is 2. The molecular formula is C19H21NO4. The second kappa shape index (κ2) is 6.24. The molecule has 2 heterocycles. The Morgan fingerprint density at radius 1 is 1.00 bits per heavy atom. The van der Waals surface area contributed by atoms with E-state index in [0.29, 0.717) is 12.8 Å². The van der Waals surface area contributed by atoms with E-state index < -0.39 is 0 Å². The molecule has 5 heteroatoms. The summed E-state index contributed by atoms with van der Waals surface area (Å²) in [5, 5.41) is 3.61. The van der Waals surface area contributed by atoms with Crippen molar-refractivity contribution in [3.8, 4) is 23.0 Å². The Labute approximate surface area is 141 Å². The summed E-state index contributed by atoms with van der Waals surface area (Å²) < 4.78 is 21.7. The van der Waals surface area contributed by atoms with Crippen molar-refractivity contribution < 1.29 is 18.9 Å². The maximum absolute atomic E-state index is 5.47. The predicted octanol–water partition coefficient (Wildman–Crippen LogP) is 2.69. The molecule has 2 aromatic rings. The molecule has 2 aliphatic rings. The van der Waals surface area contributed by atoms with E-state index in [0.717, 1.165) is 42.4 Å². The first-order valence-electron chi connectivity index (χ1n) is 8.12. The summed E-state index contributed by atoms with van der Waals surface area (Å²) >= 11 is 0. The molecule has 0 aromatic heterocycles. The van der Waals surface area contributed by atoms with Crippen LogP contribution in [-0.4, -0.2) is 27.1 Å². The first kappa shape index (κ1) is 15.1. The Bertz CT molecular complexity index is 759. The lowest BCUT2D eigenvalue weighted by atomic mass is 9.91. The molecule has 0 fully saturated rings. The van der Waals surface area contributed by atoms with Crippen LogP contribution < -0.4 is 24.3 Å². The minimum atomic E-state index is 0.315. The second-order valence-electron chi connectivity index (χ2n) is 6.15. The lowest BCUT2D eigenvalue weighted by Gasteiger charge is -2.27. The zero-order valence-corrected chi connectivity index (χ0v) is 13.9. The van der Waals surface area contributed by atoms with Crippen molar-refractivity contribution in [3.05, 3.63) is 47.0 Å². The Kier molecular flexibility index (Phi) is 3.94. The van der Waals surface area contributed by atoms with Gasteiger partial charge in [-0.3, -0.25) is 0 Å². The zero-order valence-electron chi connectivity index (χ0n) is 13.9. The van der Waals surface area contributed by atoms with Gasteiger partial charge in [0.2, 0.25) is 6.79 Å². The quantitative estimate of drug-likeness (QED) is 0.936. The van der Waals surface area contributed by atoms with E-state index in [4.69, 9.17) is 18.9 Å². The van der Waals surface area contributed by atoms with Crippen LogP contribution in [0.2, 0.25) is 0 Å². The van der Waals surface area contributed by atoms with Crippen LogP contribution in [0.5, 0.6) is 23.0 Å². The van der Waals surface area contributed by atoms with Crippen molar-refractivity contribution in [2.24, 2.45) is 0 Å². The fourth-order valence-corrected chi connectivity index (χ4v) is 3.41. The summed E-state index contributed by atoms with van der Waals surface area (Å²) in [5.41, 5.74) is 3.84. The molecule has 2 aromatic carbocycles. The molecule has 4 rings (SSSR count). The molecule has 0 spiro atoms. The monoisotopic (exact) mass is 327 g/mol. The predicted molar refractivity (Wildman–Crippen MR) is 90.1 cm³/mol. The van der Waals surface area contributed by atoms with Crippen molar-refractivity contribution in [3.63, 3.8) is 0 Å². The van der Waals surface area contributed by atoms with Gasteiger partial charge in [0.15, 0.2) is 23.0 Å². The van der Waals surface area contributed by atoms with Crippen LogP contribution >= 0.6 is 0 Å². The zero-order chi connectivity index (χ0) is 16.5. The molecule has 0 amide bonds. The molecule has 1 atom stereocenters. The largest absolute Gasteiger partial charge is 0.493 e. The maximum atomic E-state index is 5.47. The number of nitrogens with one attached hydrogen (secondary N) is 1. The van der Waals surface area contributed by atoms with Crippen LogP contribution in [-0.2, 0) is 19.4 Å². The number of methoxy groups -OCH3 is 2. The highest BCUT2D eigenvalue weighted by molar-refractivity contribution is 5.49. The number of hydrogen-bond acceptors (Lipinski definition) is 5. The van der Waals surface area contributed by atoms with E-state index in [9.17, 15) is 0 Å². The number of benzene rings is 2. The smallest absolute Gasteiger partial charge is 0.231 e. The molecule has 0 saturated heterocycles. The van der Waals surface area contributed by atoms with Crippen LogP contribution in [0.25, 0.3) is 0 Å². The Hall–Kier alpha value is -2.40. The van der Waals surface area contributed by atoms with E-state index in [-0.39, 0.29) is 0 Å². The first-order chi connectivity index (χ1) is 11.8. The van der Waals surface area contributed by atoms with Gasteiger partial charge >= 0.3 is 0 Å². The third-order valence-electron chi connectivity index (χ3n) is 4.67. The van der Waals surface area contributed by atoms with Crippen molar-refractivity contribution in [1.29, 1.82) is 0 Å². The fourth-order valence-electron chi connectivity index (χ4n) is 3.41. The first-order valence-corrected chi connectivity index (χ1v) is 8.12. The van der Waals surface area contributed by atoms with Crippen molar-refractivity contribution >= 4 is 0 Å². The minimum absolute atomic E-state index is 0.315. The van der Waals surface area contributed by atoms with Crippen molar-refractivity contribution in [2.75, 3.05) is 21.0 Å². The highest BCUT2D eigenvalue weighted by Crippen LogP contribution is 2.35. The van der Waals surface area contributed by atoms with Crippen molar-refractivity contribution in [2.45, 2.75) is 25.4 Å². The molecule has 0 aliphatic carbocycles. The van der Waals surface area contributed by atoms with Gasteiger partial charge < -0.3 is 24.3 Å². The summed E-state index contributed by atoms with van der Waals surface area (Å²) in [4.78, 5) is 0. The van der Waals surface area contributed by atoms with E-state index in [2.05, 4.69) is 29.6 Å². The maximum Gasteiger partial charge on any atom is 0.231 e. The molecule has 5 nitrogen and oxygen atoms in total. The van der Waals surface area contributed by atoms with Gasteiger partial charge in [0.25, 0.3) is 0 Å². The second-order valence-corrected chi connectivity index (χ2v) is 6.15. The lowest BCUT2D eigenvalue weighted by Crippen LogP contribution is -2.37. The standard InChI is InChI=1S/C19H21NO4/c1-21-17-8-13-7-15(20-10-14(13)9-18(17)22-2)5-12-3-4-16-19(6-12)24-11-23-16/h3-4,6,8-9,15,20H,5,7,10-11H2,1-2H3. The van der Waals surface area contributed by atoms with E-state index in [1.807, 2.05) is 6.07 Å². The molecule has 126 valence electrons. The van der Waals surface area contributed by atoms with Gasteiger partial charge in [-0.2, -0.15) is 0 Å². The molecule has 1 N–H and O–H groups in total. The Morgan fingerprint density at radius 3 is 2.54 bits per heavy atom. The highest BCUT2D eigenvalue weighted by atomic mass is 16.7. The average molecular weight is 327 g/mol. The van der Waals surface area contributed by atoms with E-state index >= 15 is 0 Å². The Balaban J connectivity index is 1.52. The molecule has 0 saturated carbocycles. The molecule has 1 unspecified atom stereocenters. The third kappa shape index (κ3) is 2.76. The van der Waals surface area contributed by atoms with Crippen LogP contribution in [0.15, 0.2) is 30.3 Å². The summed E-state index contributed by atoms with van der Waals surface area (Å²) in [6.07, 6.45) is 1.91. The van der Waals surface area contributed by atoms with Gasteiger partial charge in [0.05, 0.1) is 14.2 Å². The Morgan fingerprint density at radius 2 is 1.75 bits per heavy atom. The number of ether oxygens (including phenoxy) is 4. The summed E-state index contributed by atoms with van der Waals surface area (Å²) in [6, 6.07) is 10.7. The lowest BCUT2D eigenvalue weighted by molar-refractivity contribution is 0.174. The van der Waals surface area contributed by atoms with Gasteiger partial charge in [-0.25, -0.2) is 0 Å². The van der Waals surface area contributed by atoms with Gasteiger partial charge in [-0.15, -0.1) is 0 Å². The fraction of sp³-hybridized carbons (Fsp3) is 0.368. The third-order valence-corrected chi connectivity index (χ3v) is 4.67. The summed E-state index contributed by atoms with van der Waals surface area (Å²) in [6.45, 7) is 1.15. The molecule has 2 aliphatic heterocycles. The SMILES string of the molecule is COc1cc2c(cc1OC)CC(Cc1ccc3c(c1)OCO3)NC2. The molecule has 0 bridgehead atoms. The van der Waals surface area contributed by atoms with Crippen LogP contribution in [0.3, 0.4) is 0 Å². The van der Waals surface area contributed by atoms with Crippen LogP contribution in [0.4, 0.5) is 0 Å². The topological polar surface area (TPSA) is 49.0 Å². The highest BCUT2D eigenvalue weighted by Gasteiger charge is 2.22. The van der Waals surface area contributed by atoms with Crippen LogP contribution in [0.1, 0.15) is 16.7 Å². The van der Waals surface area contributed by atoms with Gasteiger partial charge in [0.1, 0.15) is 0 Å². The average Bonchev–Trinajstić information content (AvgIpc) is 3.08.